The number of aromatic carboxylic acids is 1. The fourth-order valence-corrected chi connectivity index (χ4v) is 0.739. The lowest BCUT2D eigenvalue weighted by atomic mass is 10.4. The minimum absolute atomic E-state index is 0.0316. The molecule has 0 saturated carbocycles. The molecule has 0 bridgehead atoms. The molecule has 4 nitrogen and oxygen atoms in total. The lowest BCUT2D eigenvalue weighted by Crippen LogP contribution is -1.95. The maximum Gasteiger partial charge on any atom is 0.340 e. The van der Waals surface area contributed by atoms with Crippen molar-refractivity contribution in [3.05, 3.63) is 16.9 Å². The third kappa shape index (κ3) is 0.974. The van der Waals surface area contributed by atoms with Crippen LogP contribution in [0.2, 0.25) is 5.15 Å². The van der Waals surface area contributed by atoms with Gasteiger partial charge in [0, 0.05) is 7.05 Å². The summed E-state index contributed by atoms with van der Waals surface area (Å²) >= 11 is 5.52. The van der Waals surface area contributed by atoms with Crippen molar-refractivity contribution in [3.8, 4) is 0 Å². The number of carbonyl (C=O) groups is 1. The second-order valence-electron chi connectivity index (χ2n) is 1.78. The fourth-order valence-electron chi connectivity index (χ4n) is 0.566. The molecule has 1 heterocycles. The van der Waals surface area contributed by atoms with Gasteiger partial charge in [-0.15, -0.1) is 0 Å². The van der Waals surface area contributed by atoms with Gasteiger partial charge in [-0.25, -0.2) is 4.79 Å². The molecule has 0 atom stereocenters. The van der Waals surface area contributed by atoms with Crippen molar-refractivity contribution >= 4 is 17.6 Å². The second kappa shape index (κ2) is 2.30. The summed E-state index contributed by atoms with van der Waals surface area (Å²) in [5.74, 6) is -1.06. The quantitative estimate of drug-likeness (QED) is 0.660. The van der Waals surface area contributed by atoms with Gasteiger partial charge in [0.1, 0.15) is 10.7 Å². The summed E-state index contributed by atoms with van der Waals surface area (Å²) in [6, 6.07) is 0. The molecule has 0 aliphatic heterocycles. The molecule has 0 aliphatic carbocycles. The summed E-state index contributed by atoms with van der Waals surface area (Å²) in [5, 5.41) is 12.2. The number of carboxylic acids is 1. The Labute approximate surface area is 62.0 Å². The van der Waals surface area contributed by atoms with Crippen LogP contribution in [-0.2, 0) is 7.05 Å². The average Bonchev–Trinajstić information content (AvgIpc) is 2.14. The molecular formula is C5H5ClN2O2. The van der Waals surface area contributed by atoms with Gasteiger partial charge in [0.2, 0.25) is 0 Å². The molecule has 0 saturated heterocycles. The van der Waals surface area contributed by atoms with E-state index in [0.29, 0.717) is 0 Å². The molecule has 1 rings (SSSR count). The van der Waals surface area contributed by atoms with Crippen LogP contribution in [0, 0.1) is 0 Å². The van der Waals surface area contributed by atoms with Crippen molar-refractivity contribution in [2.45, 2.75) is 0 Å². The first kappa shape index (κ1) is 7.08. The van der Waals surface area contributed by atoms with Crippen molar-refractivity contribution in [1.82, 2.24) is 9.78 Å². The van der Waals surface area contributed by atoms with Crippen LogP contribution in [-0.4, -0.2) is 20.9 Å². The van der Waals surface area contributed by atoms with Gasteiger partial charge in [0.25, 0.3) is 0 Å². The van der Waals surface area contributed by atoms with Gasteiger partial charge >= 0.3 is 5.97 Å². The molecule has 1 N–H and O–H groups in total. The number of aromatic nitrogens is 2. The lowest BCUT2D eigenvalue weighted by molar-refractivity contribution is 0.0697. The Balaban J connectivity index is 3.17. The SMILES string of the molecule is Cn1ncc(C(=O)O)c1Cl. The Morgan fingerprint density at radius 2 is 2.50 bits per heavy atom. The van der Waals surface area contributed by atoms with E-state index in [1.807, 2.05) is 0 Å². The first-order valence-electron chi connectivity index (χ1n) is 2.53. The highest BCUT2D eigenvalue weighted by Crippen LogP contribution is 2.12. The van der Waals surface area contributed by atoms with Crippen molar-refractivity contribution in [1.29, 1.82) is 0 Å². The standard InChI is InChI=1S/C5H5ClN2O2/c1-8-4(6)3(2-7-8)5(9)10/h2H,1H3,(H,9,10). The fraction of sp³-hybridized carbons (Fsp3) is 0.200. The van der Waals surface area contributed by atoms with Gasteiger partial charge in [-0.05, 0) is 0 Å². The van der Waals surface area contributed by atoms with Crippen LogP contribution < -0.4 is 0 Å². The monoisotopic (exact) mass is 160 g/mol. The highest BCUT2D eigenvalue weighted by atomic mass is 35.5. The molecule has 10 heavy (non-hydrogen) atoms. The van der Waals surface area contributed by atoms with Gasteiger partial charge in [0.15, 0.2) is 0 Å². The second-order valence-corrected chi connectivity index (χ2v) is 2.14. The van der Waals surface area contributed by atoms with E-state index in [1.54, 1.807) is 7.05 Å². The number of carboxylic acid groups (broad SMARTS) is 1. The molecule has 1 aromatic heterocycles. The van der Waals surface area contributed by atoms with Gasteiger partial charge in [-0.3, -0.25) is 4.68 Å². The number of aryl methyl sites for hydroxylation is 1. The molecular weight excluding hydrogens is 156 g/mol. The first-order chi connectivity index (χ1) is 4.63. The zero-order valence-electron chi connectivity index (χ0n) is 5.21. The molecule has 0 aromatic carbocycles. The average molecular weight is 161 g/mol. The molecule has 54 valence electrons. The summed E-state index contributed by atoms with van der Waals surface area (Å²) in [4.78, 5) is 10.3. The molecule has 0 aliphatic rings. The predicted octanol–water partition coefficient (Wildman–Crippen LogP) is 0.772. The molecule has 0 fully saturated rings. The Kier molecular flexibility index (Phi) is 1.63. The molecule has 1 aromatic rings. The molecule has 0 radical (unpaired) electrons. The van der Waals surface area contributed by atoms with Crippen molar-refractivity contribution in [3.63, 3.8) is 0 Å². The molecule has 0 amide bonds. The number of halogens is 1. The van der Waals surface area contributed by atoms with E-state index in [0.717, 1.165) is 0 Å². The highest BCUT2D eigenvalue weighted by molar-refractivity contribution is 6.32. The zero-order chi connectivity index (χ0) is 7.72. The molecule has 0 spiro atoms. The van der Waals surface area contributed by atoms with Crippen LogP contribution >= 0.6 is 11.6 Å². The van der Waals surface area contributed by atoms with Crippen molar-refractivity contribution in [2.24, 2.45) is 7.05 Å². The van der Waals surface area contributed by atoms with Gasteiger partial charge in [0.05, 0.1) is 6.20 Å². The Hall–Kier alpha value is -1.03. The maximum atomic E-state index is 10.3. The van der Waals surface area contributed by atoms with E-state index in [9.17, 15) is 4.79 Å². The van der Waals surface area contributed by atoms with E-state index < -0.39 is 5.97 Å². The zero-order valence-corrected chi connectivity index (χ0v) is 5.96. The van der Waals surface area contributed by atoms with Crippen LogP contribution in [0.15, 0.2) is 6.20 Å². The minimum atomic E-state index is -1.06. The van der Waals surface area contributed by atoms with E-state index in [4.69, 9.17) is 16.7 Å². The Bertz CT molecular complexity index is 269. The normalized spacial score (nSPS) is 9.80. The Morgan fingerprint density at radius 3 is 2.70 bits per heavy atom. The Morgan fingerprint density at radius 1 is 1.90 bits per heavy atom. The number of hydrogen-bond acceptors (Lipinski definition) is 2. The summed E-state index contributed by atoms with van der Waals surface area (Å²) in [5.41, 5.74) is 0.0316. The largest absolute Gasteiger partial charge is 0.478 e. The summed E-state index contributed by atoms with van der Waals surface area (Å²) in [7, 11) is 1.58. The predicted molar refractivity (Wildman–Crippen MR) is 35.2 cm³/mol. The first-order valence-corrected chi connectivity index (χ1v) is 2.91. The summed E-state index contributed by atoms with van der Waals surface area (Å²) in [6.07, 6.45) is 1.21. The minimum Gasteiger partial charge on any atom is -0.478 e. The van der Waals surface area contributed by atoms with E-state index in [2.05, 4.69) is 5.10 Å². The third-order valence-corrected chi connectivity index (χ3v) is 1.55. The van der Waals surface area contributed by atoms with Crippen LogP contribution in [0.4, 0.5) is 0 Å². The van der Waals surface area contributed by atoms with Crippen LogP contribution in [0.25, 0.3) is 0 Å². The lowest BCUT2D eigenvalue weighted by Gasteiger charge is -1.89. The van der Waals surface area contributed by atoms with Gasteiger partial charge < -0.3 is 5.11 Å². The van der Waals surface area contributed by atoms with Crippen molar-refractivity contribution in [2.75, 3.05) is 0 Å². The van der Waals surface area contributed by atoms with E-state index in [-0.39, 0.29) is 10.7 Å². The van der Waals surface area contributed by atoms with Gasteiger partial charge in [-0.1, -0.05) is 11.6 Å². The van der Waals surface area contributed by atoms with E-state index >= 15 is 0 Å². The van der Waals surface area contributed by atoms with Crippen LogP contribution in [0.1, 0.15) is 10.4 Å². The number of hydrogen-bond donors (Lipinski definition) is 1. The smallest absolute Gasteiger partial charge is 0.340 e. The number of nitrogens with zero attached hydrogens (tertiary/aromatic N) is 2. The van der Waals surface area contributed by atoms with Gasteiger partial charge in [-0.2, -0.15) is 5.10 Å². The summed E-state index contributed by atoms with van der Waals surface area (Å²) < 4.78 is 1.30. The van der Waals surface area contributed by atoms with Crippen LogP contribution in [0.5, 0.6) is 0 Å². The topological polar surface area (TPSA) is 55.1 Å². The summed E-state index contributed by atoms with van der Waals surface area (Å²) in [6.45, 7) is 0. The van der Waals surface area contributed by atoms with E-state index in [1.165, 1.54) is 10.9 Å². The van der Waals surface area contributed by atoms with Crippen LogP contribution in [0.3, 0.4) is 0 Å². The highest BCUT2D eigenvalue weighted by Gasteiger charge is 2.11. The van der Waals surface area contributed by atoms with Crippen molar-refractivity contribution < 1.29 is 9.90 Å². The number of rotatable bonds is 1. The molecule has 0 unspecified atom stereocenters. The maximum absolute atomic E-state index is 10.3. The molecule has 5 heteroatoms. The third-order valence-electron chi connectivity index (χ3n) is 1.10.